The fraction of sp³-hybridized carbons (Fsp3) is 0.167. The normalized spacial score (nSPS) is 10.9. The van der Waals surface area contributed by atoms with E-state index >= 15 is 0 Å². The first-order valence-corrected chi connectivity index (χ1v) is 6.98. The number of benzene rings is 2. The van der Waals surface area contributed by atoms with Crippen LogP contribution in [0.3, 0.4) is 0 Å². The summed E-state index contributed by atoms with van der Waals surface area (Å²) >= 11 is 0. The third-order valence-electron chi connectivity index (χ3n) is 3.61. The van der Waals surface area contributed by atoms with E-state index in [9.17, 15) is 4.79 Å². The van der Waals surface area contributed by atoms with E-state index in [-0.39, 0.29) is 6.42 Å². The van der Waals surface area contributed by atoms with Gasteiger partial charge in [0.05, 0.1) is 12.7 Å². The zero-order valence-electron chi connectivity index (χ0n) is 11.8. The van der Waals surface area contributed by atoms with Gasteiger partial charge in [-0.15, -0.1) is 0 Å². The van der Waals surface area contributed by atoms with Crippen molar-refractivity contribution in [1.82, 2.24) is 0 Å². The van der Waals surface area contributed by atoms with Crippen LogP contribution in [0, 0.1) is 0 Å². The lowest BCUT2D eigenvalue weighted by atomic mass is 9.97. The average Bonchev–Trinajstić information content (AvgIpc) is 2.94. The number of hydrogen-bond donors (Lipinski definition) is 1. The molecule has 0 saturated carbocycles. The molecule has 3 rings (SSSR count). The summed E-state index contributed by atoms with van der Waals surface area (Å²) in [6, 6.07) is 13.9. The van der Waals surface area contributed by atoms with E-state index in [1.54, 1.807) is 6.26 Å². The lowest BCUT2D eigenvalue weighted by Crippen LogP contribution is -2.00. The summed E-state index contributed by atoms with van der Waals surface area (Å²) in [5.74, 6) is -0.828. The Kier molecular flexibility index (Phi) is 3.48. The first-order valence-electron chi connectivity index (χ1n) is 6.98. The summed E-state index contributed by atoms with van der Waals surface area (Å²) in [7, 11) is 0. The molecule has 1 aromatic heterocycles. The maximum atomic E-state index is 11.0. The molecular formula is C18H16O3. The predicted molar refractivity (Wildman–Crippen MR) is 82.4 cm³/mol. The second-order valence-electron chi connectivity index (χ2n) is 5.11. The van der Waals surface area contributed by atoms with Gasteiger partial charge in [0.15, 0.2) is 0 Å². The smallest absolute Gasteiger partial charge is 0.307 e. The van der Waals surface area contributed by atoms with Crippen molar-refractivity contribution < 1.29 is 14.3 Å². The summed E-state index contributed by atoms with van der Waals surface area (Å²) in [5.41, 5.74) is 4.84. The van der Waals surface area contributed by atoms with Gasteiger partial charge in [-0.3, -0.25) is 4.79 Å². The number of carboxylic acid groups (broad SMARTS) is 1. The van der Waals surface area contributed by atoms with Crippen LogP contribution in [-0.4, -0.2) is 11.1 Å². The molecule has 3 aromatic rings. The van der Waals surface area contributed by atoms with Crippen LogP contribution in [0.4, 0.5) is 0 Å². The summed E-state index contributed by atoms with van der Waals surface area (Å²) in [4.78, 5) is 11.0. The van der Waals surface area contributed by atoms with Crippen molar-refractivity contribution >= 4 is 16.9 Å². The predicted octanol–water partition coefficient (Wildman–Crippen LogP) is 4.29. The van der Waals surface area contributed by atoms with Gasteiger partial charge in [-0.25, -0.2) is 0 Å². The molecule has 0 aliphatic heterocycles. The molecule has 3 nitrogen and oxygen atoms in total. The van der Waals surface area contributed by atoms with Crippen LogP contribution in [0.1, 0.15) is 18.1 Å². The molecule has 0 spiro atoms. The van der Waals surface area contributed by atoms with Crippen molar-refractivity contribution in [2.75, 3.05) is 0 Å². The van der Waals surface area contributed by atoms with E-state index in [0.717, 1.165) is 34.1 Å². The Balaban J connectivity index is 2.19. The van der Waals surface area contributed by atoms with Crippen molar-refractivity contribution in [3.8, 4) is 11.1 Å². The van der Waals surface area contributed by atoms with Crippen LogP contribution < -0.4 is 0 Å². The van der Waals surface area contributed by atoms with E-state index < -0.39 is 5.97 Å². The van der Waals surface area contributed by atoms with E-state index in [1.165, 1.54) is 5.56 Å². The minimum atomic E-state index is -0.828. The third kappa shape index (κ3) is 2.68. The Bertz CT molecular complexity index is 799. The zero-order valence-corrected chi connectivity index (χ0v) is 11.8. The summed E-state index contributed by atoms with van der Waals surface area (Å²) in [5, 5.41) is 9.95. The molecule has 0 unspecified atom stereocenters. The van der Waals surface area contributed by atoms with Crippen molar-refractivity contribution in [3.63, 3.8) is 0 Å². The molecule has 2 aromatic carbocycles. The van der Waals surface area contributed by atoms with Crippen LogP contribution in [0.25, 0.3) is 22.1 Å². The van der Waals surface area contributed by atoms with E-state index in [1.807, 2.05) is 30.3 Å². The van der Waals surface area contributed by atoms with Gasteiger partial charge >= 0.3 is 5.97 Å². The van der Waals surface area contributed by atoms with Crippen molar-refractivity contribution in [2.24, 2.45) is 0 Å². The number of fused-ring (bicyclic) bond motifs is 1. The van der Waals surface area contributed by atoms with Crippen LogP contribution in [0.5, 0.6) is 0 Å². The summed E-state index contributed by atoms with van der Waals surface area (Å²) in [6.45, 7) is 2.11. The fourth-order valence-corrected chi connectivity index (χ4v) is 2.59. The van der Waals surface area contributed by atoms with Gasteiger partial charge in [0, 0.05) is 10.9 Å². The Morgan fingerprint density at radius 3 is 2.76 bits per heavy atom. The molecule has 0 fully saturated rings. The van der Waals surface area contributed by atoms with Gasteiger partial charge in [-0.2, -0.15) is 0 Å². The Labute approximate surface area is 122 Å². The molecule has 0 amide bonds. The fourth-order valence-electron chi connectivity index (χ4n) is 2.59. The van der Waals surface area contributed by atoms with Gasteiger partial charge in [0.25, 0.3) is 0 Å². The number of carboxylic acids is 1. The first kappa shape index (κ1) is 13.4. The molecule has 0 saturated heterocycles. The maximum absolute atomic E-state index is 11.0. The number of aryl methyl sites for hydroxylation is 1. The Morgan fingerprint density at radius 1 is 1.14 bits per heavy atom. The van der Waals surface area contributed by atoms with Gasteiger partial charge in [0.2, 0.25) is 0 Å². The maximum Gasteiger partial charge on any atom is 0.307 e. The molecule has 0 aliphatic rings. The van der Waals surface area contributed by atoms with Gasteiger partial charge < -0.3 is 9.52 Å². The molecule has 0 aliphatic carbocycles. The number of rotatable bonds is 4. The summed E-state index contributed by atoms with van der Waals surface area (Å²) in [6.07, 6.45) is 2.62. The molecule has 1 heterocycles. The number of furan rings is 1. The van der Waals surface area contributed by atoms with E-state index in [0.29, 0.717) is 0 Å². The largest absolute Gasteiger partial charge is 0.481 e. The topological polar surface area (TPSA) is 50.4 Å². The molecule has 0 bridgehead atoms. The van der Waals surface area contributed by atoms with Gasteiger partial charge in [-0.05, 0) is 41.3 Å². The van der Waals surface area contributed by atoms with Crippen LogP contribution in [0.2, 0.25) is 0 Å². The second-order valence-corrected chi connectivity index (χ2v) is 5.11. The minimum Gasteiger partial charge on any atom is -0.481 e. The van der Waals surface area contributed by atoms with Crippen LogP contribution >= 0.6 is 0 Å². The standard InChI is InChI=1S/C18H16O3/c1-2-12-4-3-5-14(8-12)16-10-13(11-17(19)20)9-15-6-7-21-18(15)16/h3-10H,2,11H2,1H3,(H,19,20). The highest BCUT2D eigenvalue weighted by molar-refractivity contribution is 5.94. The molecule has 21 heavy (non-hydrogen) atoms. The average molecular weight is 280 g/mol. The Morgan fingerprint density at radius 2 is 2.00 bits per heavy atom. The quantitative estimate of drug-likeness (QED) is 0.775. The van der Waals surface area contributed by atoms with Crippen molar-refractivity contribution in [2.45, 2.75) is 19.8 Å². The van der Waals surface area contributed by atoms with Crippen LogP contribution in [0.15, 0.2) is 53.1 Å². The van der Waals surface area contributed by atoms with Crippen molar-refractivity contribution in [1.29, 1.82) is 0 Å². The van der Waals surface area contributed by atoms with E-state index in [2.05, 4.69) is 19.1 Å². The SMILES string of the molecule is CCc1cccc(-c2cc(CC(=O)O)cc3ccoc23)c1. The molecular weight excluding hydrogens is 264 g/mol. The van der Waals surface area contributed by atoms with Gasteiger partial charge in [-0.1, -0.05) is 31.2 Å². The molecule has 0 atom stereocenters. The lowest BCUT2D eigenvalue weighted by molar-refractivity contribution is -0.136. The highest BCUT2D eigenvalue weighted by Crippen LogP contribution is 2.31. The second kappa shape index (κ2) is 5.44. The monoisotopic (exact) mass is 280 g/mol. The zero-order chi connectivity index (χ0) is 14.8. The molecule has 3 heteroatoms. The molecule has 0 radical (unpaired) electrons. The first-order chi connectivity index (χ1) is 10.2. The highest BCUT2D eigenvalue weighted by Gasteiger charge is 2.11. The molecule has 106 valence electrons. The molecule has 1 N–H and O–H groups in total. The number of aliphatic carboxylic acids is 1. The lowest BCUT2D eigenvalue weighted by Gasteiger charge is -2.07. The highest BCUT2D eigenvalue weighted by atomic mass is 16.4. The van der Waals surface area contributed by atoms with Gasteiger partial charge in [0.1, 0.15) is 5.58 Å². The van der Waals surface area contributed by atoms with E-state index in [4.69, 9.17) is 9.52 Å². The Hall–Kier alpha value is -2.55. The summed E-state index contributed by atoms with van der Waals surface area (Å²) < 4.78 is 5.59. The minimum absolute atomic E-state index is 0.0155. The number of hydrogen-bond acceptors (Lipinski definition) is 2. The number of carbonyl (C=O) groups is 1. The third-order valence-corrected chi connectivity index (χ3v) is 3.61. The van der Waals surface area contributed by atoms with Crippen molar-refractivity contribution in [3.05, 3.63) is 59.9 Å². The van der Waals surface area contributed by atoms with Crippen LogP contribution in [-0.2, 0) is 17.6 Å².